The van der Waals surface area contributed by atoms with Gasteiger partial charge in [-0.2, -0.15) is 0 Å². The van der Waals surface area contributed by atoms with Crippen LogP contribution in [-0.4, -0.2) is 29.1 Å². The normalized spacial score (nSPS) is 11.9. The van der Waals surface area contributed by atoms with E-state index < -0.39 is 6.04 Å². The Balaban J connectivity index is 3.70. The highest BCUT2D eigenvalue weighted by molar-refractivity contribution is 8.14. The summed E-state index contributed by atoms with van der Waals surface area (Å²) >= 11 is 5.08. The minimum absolute atomic E-state index is 0.0127. The van der Waals surface area contributed by atoms with Crippen LogP contribution in [0.3, 0.4) is 0 Å². The van der Waals surface area contributed by atoms with Gasteiger partial charge in [0.2, 0.25) is 0 Å². The van der Waals surface area contributed by atoms with Gasteiger partial charge in [-0.05, 0) is 12.6 Å². The largest absolute Gasteiger partial charge is 0.391 e. The summed E-state index contributed by atoms with van der Waals surface area (Å²) < 4.78 is 0. The molecule has 4 heteroatoms. The molecule has 0 bridgehead atoms. The number of hydrogen-bond donors (Lipinski definition) is 2. The summed E-state index contributed by atoms with van der Waals surface area (Å²) in [4.78, 5) is 0. The van der Waals surface area contributed by atoms with Crippen molar-refractivity contribution in [3.63, 3.8) is 0 Å². The van der Waals surface area contributed by atoms with Crippen molar-refractivity contribution in [1.82, 2.24) is 0 Å². The van der Waals surface area contributed by atoms with E-state index in [4.69, 9.17) is 22.0 Å². The second kappa shape index (κ2) is 5.25. The fourth-order valence-corrected chi connectivity index (χ4v) is 2.28. The van der Waals surface area contributed by atoms with Crippen LogP contribution >= 0.6 is 6.04 Å². The molecule has 0 unspecified atom stereocenters. The minimum Gasteiger partial charge on any atom is -0.391 e. The van der Waals surface area contributed by atoms with E-state index in [0.29, 0.717) is 0 Å². The van der Waals surface area contributed by atoms with E-state index in [0.717, 1.165) is 19.0 Å². The number of unbranched alkanes of at least 4 members (excludes halogenated alkanes) is 1. The molecule has 0 aromatic carbocycles. The Kier molecular flexibility index (Phi) is 5.55. The van der Waals surface area contributed by atoms with Crippen LogP contribution in [0.4, 0.5) is 0 Å². The molecule has 0 aliphatic carbocycles. The minimum atomic E-state index is -1.75. The van der Waals surface area contributed by atoms with Crippen LogP contribution in [0.5, 0.6) is 0 Å². The van der Waals surface area contributed by atoms with Crippen molar-refractivity contribution in [1.29, 1.82) is 0 Å². The molecule has 10 heavy (non-hydrogen) atoms. The molecule has 2 N–H and O–H groups in total. The van der Waals surface area contributed by atoms with Crippen LogP contribution < -0.4 is 0 Å². The summed E-state index contributed by atoms with van der Waals surface area (Å²) in [6.45, 7) is 2.08. The molecule has 2 nitrogen and oxygen atoms in total. The molecular weight excluding hydrogens is 167 g/mol. The zero-order valence-electron chi connectivity index (χ0n) is 6.29. The summed E-state index contributed by atoms with van der Waals surface area (Å²) in [6, 6.07) is -1.75. The third kappa shape index (κ3) is 3.67. The third-order valence-electron chi connectivity index (χ3n) is 1.43. The Morgan fingerprint density at radius 3 is 2.10 bits per heavy atom. The van der Waals surface area contributed by atoms with Crippen LogP contribution in [0.15, 0.2) is 0 Å². The van der Waals surface area contributed by atoms with Gasteiger partial charge in [0.15, 0.2) is 0 Å². The Labute approximate surface area is 67.3 Å². The van der Waals surface area contributed by atoms with Crippen LogP contribution in [0.1, 0.15) is 19.8 Å². The van der Waals surface area contributed by atoms with E-state index in [9.17, 15) is 0 Å². The van der Waals surface area contributed by atoms with Gasteiger partial charge in [0.05, 0.1) is 12.7 Å². The predicted octanol–water partition coefficient (Wildman–Crippen LogP) is 1.17. The van der Waals surface area contributed by atoms with Crippen LogP contribution in [-0.2, 0) is 11.8 Å². The molecular formula is C6H15O2PS. The van der Waals surface area contributed by atoms with Crippen molar-refractivity contribution in [2.75, 3.05) is 18.9 Å². The SMILES string of the molecule is CCCCP(=S)(CO)CO. The molecule has 0 fully saturated rings. The van der Waals surface area contributed by atoms with E-state index in [1.165, 1.54) is 0 Å². The molecule has 0 saturated heterocycles. The van der Waals surface area contributed by atoms with Gasteiger partial charge in [0, 0.05) is 6.04 Å². The first-order chi connectivity index (χ1) is 4.68. The fourth-order valence-electron chi connectivity index (χ4n) is 0.632. The van der Waals surface area contributed by atoms with Gasteiger partial charge in [0.1, 0.15) is 0 Å². The van der Waals surface area contributed by atoms with Crippen molar-refractivity contribution in [3.05, 3.63) is 0 Å². The van der Waals surface area contributed by atoms with Crippen molar-refractivity contribution in [3.8, 4) is 0 Å². The van der Waals surface area contributed by atoms with Gasteiger partial charge < -0.3 is 10.2 Å². The smallest absolute Gasteiger partial charge is 0.0738 e. The highest BCUT2D eigenvalue weighted by Gasteiger charge is 2.12. The number of aliphatic hydroxyl groups excluding tert-OH is 2. The summed E-state index contributed by atoms with van der Waals surface area (Å²) in [5.74, 6) is 0. The van der Waals surface area contributed by atoms with Gasteiger partial charge >= 0.3 is 0 Å². The average Bonchev–Trinajstić information content (AvgIpc) is 2.00. The highest BCUT2D eigenvalue weighted by Crippen LogP contribution is 2.44. The Bertz CT molecular complexity index is 119. The van der Waals surface area contributed by atoms with Crippen molar-refractivity contribution >= 4 is 17.8 Å². The molecule has 0 saturated carbocycles. The Morgan fingerprint density at radius 1 is 1.30 bits per heavy atom. The maximum atomic E-state index is 8.80. The molecule has 0 aliphatic heterocycles. The van der Waals surface area contributed by atoms with Gasteiger partial charge in [-0.3, -0.25) is 0 Å². The van der Waals surface area contributed by atoms with Gasteiger partial charge in [-0.1, -0.05) is 25.2 Å². The molecule has 0 rings (SSSR count). The maximum absolute atomic E-state index is 8.80. The van der Waals surface area contributed by atoms with Crippen molar-refractivity contribution < 1.29 is 10.2 Å². The lowest BCUT2D eigenvalue weighted by atomic mass is 10.4. The molecule has 0 aromatic heterocycles. The van der Waals surface area contributed by atoms with Gasteiger partial charge in [-0.15, -0.1) is 0 Å². The van der Waals surface area contributed by atoms with Crippen molar-refractivity contribution in [2.45, 2.75) is 19.8 Å². The lowest BCUT2D eigenvalue weighted by Crippen LogP contribution is -1.98. The molecule has 0 aromatic rings. The van der Waals surface area contributed by atoms with Crippen molar-refractivity contribution in [2.24, 2.45) is 0 Å². The average molecular weight is 182 g/mol. The third-order valence-corrected chi connectivity index (χ3v) is 4.84. The summed E-state index contributed by atoms with van der Waals surface area (Å²) in [7, 11) is 0. The lowest BCUT2D eigenvalue weighted by Gasteiger charge is -2.14. The zero-order valence-corrected chi connectivity index (χ0v) is 8.00. The Morgan fingerprint density at radius 2 is 1.80 bits per heavy atom. The van der Waals surface area contributed by atoms with Gasteiger partial charge in [0.25, 0.3) is 0 Å². The summed E-state index contributed by atoms with van der Waals surface area (Å²) in [5.41, 5.74) is 0. The van der Waals surface area contributed by atoms with Gasteiger partial charge in [-0.25, -0.2) is 0 Å². The number of aliphatic hydroxyl groups is 2. The van der Waals surface area contributed by atoms with E-state index >= 15 is 0 Å². The van der Waals surface area contributed by atoms with E-state index in [1.807, 2.05) is 0 Å². The molecule has 0 amide bonds. The van der Waals surface area contributed by atoms with E-state index in [1.54, 1.807) is 0 Å². The summed E-state index contributed by atoms with van der Waals surface area (Å²) in [6.07, 6.45) is 2.97. The molecule has 62 valence electrons. The maximum Gasteiger partial charge on any atom is 0.0738 e. The molecule has 0 heterocycles. The Hall–Kier alpha value is 0.570. The second-order valence-electron chi connectivity index (χ2n) is 2.42. The first kappa shape index (κ1) is 10.6. The quantitative estimate of drug-likeness (QED) is 0.627. The topological polar surface area (TPSA) is 40.5 Å². The van der Waals surface area contributed by atoms with E-state index in [2.05, 4.69) is 6.92 Å². The van der Waals surface area contributed by atoms with E-state index in [-0.39, 0.29) is 12.7 Å². The summed E-state index contributed by atoms with van der Waals surface area (Å²) in [5, 5.41) is 17.6. The van der Waals surface area contributed by atoms with Crippen LogP contribution in [0.25, 0.3) is 0 Å². The molecule has 0 atom stereocenters. The molecule has 0 spiro atoms. The standard InChI is InChI=1S/C6H15O2PS/c1-2-3-4-9(10,5-7)6-8/h7-8H,2-6H2,1H3. The molecule has 0 radical (unpaired) electrons. The molecule has 0 aliphatic rings. The first-order valence-corrected chi connectivity index (χ1v) is 6.83. The lowest BCUT2D eigenvalue weighted by molar-refractivity contribution is 0.342. The van der Waals surface area contributed by atoms with Crippen LogP contribution in [0.2, 0.25) is 0 Å². The monoisotopic (exact) mass is 182 g/mol. The van der Waals surface area contributed by atoms with Crippen LogP contribution in [0, 0.1) is 0 Å². The number of rotatable bonds is 5. The number of hydrogen-bond acceptors (Lipinski definition) is 3. The highest BCUT2D eigenvalue weighted by atomic mass is 32.4. The second-order valence-corrected chi connectivity index (χ2v) is 7.87. The fraction of sp³-hybridized carbons (Fsp3) is 1.00. The predicted molar refractivity (Wildman–Crippen MR) is 48.2 cm³/mol. The zero-order chi connectivity index (χ0) is 8.04. The first-order valence-electron chi connectivity index (χ1n) is 3.47.